The van der Waals surface area contributed by atoms with Gasteiger partial charge in [-0.25, -0.2) is 8.78 Å². The molecule has 2 atom stereocenters. The topological polar surface area (TPSA) is 32.3 Å². The van der Waals surface area contributed by atoms with Gasteiger partial charge >= 0.3 is 0 Å². The zero-order chi connectivity index (χ0) is 16.8. The van der Waals surface area contributed by atoms with Crippen molar-refractivity contribution in [2.24, 2.45) is 5.92 Å². The van der Waals surface area contributed by atoms with Crippen LogP contribution in [0, 0.1) is 17.6 Å². The molecule has 1 saturated heterocycles. The van der Waals surface area contributed by atoms with Gasteiger partial charge in [0.1, 0.15) is 0 Å². The lowest BCUT2D eigenvalue weighted by Crippen LogP contribution is -2.29. The number of benzene rings is 2. The highest BCUT2D eigenvalue weighted by Crippen LogP contribution is 2.37. The molecule has 2 unspecified atom stereocenters. The fourth-order valence-corrected chi connectivity index (χ4v) is 3.90. The fraction of sp³-hybridized carbons (Fsp3) is 0.316. The molecule has 0 aliphatic carbocycles. The number of hydrogen-bond acceptors (Lipinski definition) is 2. The van der Waals surface area contributed by atoms with Gasteiger partial charge in [-0.1, -0.05) is 18.2 Å². The summed E-state index contributed by atoms with van der Waals surface area (Å²) in [5, 5.41) is 2.99. The highest BCUT2D eigenvalue weighted by molar-refractivity contribution is 5.97. The molecule has 1 fully saturated rings. The molecule has 5 heteroatoms. The summed E-state index contributed by atoms with van der Waals surface area (Å²) in [5.74, 6) is -1.11. The Morgan fingerprint density at radius 1 is 1.04 bits per heavy atom. The maximum atomic E-state index is 13.5. The number of likely N-dealkylation sites (N-methyl/N-ethyl adjacent to an activating group) is 1. The van der Waals surface area contributed by atoms with E-state index < -0.39 is 11.6 Å². The zero-order valence-corrected chi connectivity index (χ0v) is 13.4. The number of fused-ring (bicyclic) bond motifs is 3. The van der Waals surface area contributed by atoms with Crippen LogP contribution in [0.2, 0.25) is 0 Å². The minimum Gasteiger partial charge on any atom is -0.352 e. The number of likely N-dealkylation sites (tertiary alicyclic amines) is 1. The van der Waals surface area contributed by atoms with Crippen LogP contribution in [-0.2, 0) is 0 Å². The van der Waals surface area contributed by atoms with Crippen LogP contribution >= 0.6 is 0 Å². The number of amides is 1. The van der Waals surface area contributed by atoms with Crippen LogP contribution in [0.3, 0.4) is 0 Å². The standard InChI is InChI=1S/C19H18F2N2O/c1-23-9-13-8-22-19(24)15-6-11(2-4-14(15)16(13)10-23)12-3-5-17(20)18(21)7-12/h2-7,13,16H,8-10H2,1H3,(H,22,24). The minimum atomic E-state index is -0.885. The van der Waals surface area contributed by atoms with E-state index >= 15 is 0 Å². The Morgan fingerprint density at radius 3 is 2.58 bits per heavy atom. The first-order valence-electron chi connectivity index (χ1n) is 8.09. The van der Waals surface area contributed by atoms with Gasteiger partial charge in [-0.3, -0.25) is 4.79 Å². The molecule has 24 heavy (non-hydrogen) atoms. The second kappa shape index (κ2) is 5.67. The van der Waals surface area contributed by atoms with Gasteiger partial charge < -0.3 is 10.2 Å². The quantitative estimate of drug-likeness (QED) is 0.873. The van der Waals surface area contributed by atoms with E-state index in [2.05, 4.69) is 17.3 Å². The Hall–Kier alpha value is -2.27. The molecule has 0 bridgehead atoms. The molecule has 4 rings (SSSR count). The smallest absolute Gasteiger partial charge is 0.251 e. The van der Waals surface area contributed by atoms with Crippen molar-refractivity contribution in [3.8, 4) is 11.1 Å². The monoisotopic (exact) mass is 328 g/mol. The summed E-state index contributed by atoms with van der Waals surface area (Å²) >= 11 is 0. The molecular weight excluding hydrogens is 310 g/mol. The van der Waals surface area contributed by atoms with Crippen LogP contribution in [-0.4, -0.2) is 37.5 Å². The third kappa shape index (κ3) is 2.49. The summed E-state index contributed by atoms with van der Waals surface area (Å²) in [5.41, 5.74) is 2.96. The van der Waals surface area contributed by atoms with E-state index in [1.807, 2.05) is 12.1 Å². The van der Waals surface area contributed by atoms with Crippen molar-refractivity contribution in [3.05, 3.63) is 59.2 Å². The van der Waals surface area contributed by atoms with Crippen molar-refractivity contribution < 1.29 is 13.6 Å². The maximum Gasteiger partial charge on any atom is 0.251 e. The SMILES string of the molecule is CN1CC2CNC(=O)c3cc(-c4ccc(F)c(F)c4)ccc3C2C1. The number of rotatable bonds is 1. The molecule has 2 aromatic rings. The molecule has 2 aromatic carbocycles. The Labute approximate surface area is 139 Å². The molecule has 2 heterocycles. The van der Waals surface area contributed by atoms with E-state index in [-0.39, 0.29) is 5.91 Å². The van der Waals surface area contributed by atoms with Crippen molar-refractivity contribution in [1.82, 2.24) is 10.2 Å². The second-order valence-electron chi connectivity index (χ2n) is 6.73. The van der Waals surface area contributed by atoms with Crippen LogP contribution in [0.4, 0.5) is 8.78 Å². The van der Waals surface area contributed by atoms with E-state index in [0.29, 0.717) is 35.1 Å². The van der Waals surface area contributed by atoms with Gasteiger partial charge in [0.15, 0.2) is 11.6 Å². The van der Waals surface area contributed by atoms with E-state index in [4.69, 9.17) is 0 Å². The van der Waals surface area contributed by atoms with E-state index in [1.54, 1.807) is 6.07 Å². The number of carbonyl (C=O) groups excluding carboxylic acids is 1. The second-order valence-corrected chi connectivity index (χ2v) is 6.73. The summed E-state index contributed by atoms with van der Waals surface area (Å²) in [4.78, 5) is 14.7. The molecule has 2 aliphatic heterocycles. The Morgan fingerprint density at radius 2 is 1.79 bits per heavy atom. The predicted octanol–water partition coefficient (Wildman–Crippen LogP) is 3.02. The predicted molar refractivity (Wildman–Crippen MR) is 87.9 cm³/mol. The van der Waals surface area contributed by atoms with Crippen LogP contribution in [0.5, 0.6) is 0 Å². The highest BCUT2D eigenvalue weighted by Gasteiger charge is 2.36. The Bertz CT molecular complexity index is 821. The number of halogens is 2. The lowest BCUT2D eigenvalue weighted by molar-refractivity contribution is 0.0951. The molecule has 2 aliphatic rings. The molecular formula is C19H18F2N2O. The Kier molecular flexibility index (Phi) is 3.61. The van der Waals surface area contributed by atoms with Crippen LogP contribution in [0.25, 0.3) is 11.1 Å². The van der Waals surface area contributed by atoms with Crippen LogP contribution in [0.1, 0.15) is 21.8 Å². The van der Waals surface area contributed by atoms with Crippen molar-refractivity contribution >= 4 is 5.91 Å². The van der Waals surface area contributed by atoms with Crippen molar-refractivity contribution in [2.75, 3.05) is 26.7 Å². The first kappa shape index (κ1) is 15.3. The van der Waals surface area contributed by atoms with Gasteiger partial charge in [0.05, 0.1) is 0 Å². The third-order valence-corrected chi connectivity index (χ3v) is 5.10. The molecule has 0 saturated carbocycles. The van der Waals surface area contributed by atoms with E-state index in [0.717, 1.165) is 30.8 Å². The normalized spacial score (nSPS) is 23.4. The molecule has 0 radical (unpaired) electrons. The number of hydrogen-bond donors (Lipinski definition) is 1. The fourth-order valence-electron chi connectivity index (χ4n) is 3.90. The van der Waals surface area contributed by atoms with E-state index in [9.17, 15) is 13.6 Å². The molecule has 0 aromatic heterocycles. The first-order valence-corrected chi connectivity index (χ1v) is 8.09. The van der Waals surface area contributed by atoms with Gasteiger partial charge in [-0.05, 0) is 47.9 Å². The maximum absolute atomic E-state index is 13.5. The Balaban J connectivity index is 1.79. The third-order valence-electron chi connectivity index (χ3n) is 5.10. The minimum absolute atomic E-state index is 0.0912. The van der Waals surface area contributed by atoms with Gasteiger partial charge in [-0.15, -0.1) is 0 Å². The number of carbonyl (C=O) groups is 1. The summed E-state index contributed by atoms with van der Waals surface area (Å²) < 4.78 is 26.6. The molecule has 1 amide bonds. The van der Waals surface area contributed by atoms with Crippen molar-refractivity contribution in [3.63, 3.8) is 0 Å². The average molecular weight is 328 g/mol. The highest BCUT2D eigenvalue weighted by atomic mass is 19.2. The molecule has 3 nitrogen and oxygen atoms in total. The summed E-state index contributed by atoms with van der Waals surface area (Å²) in [6.45, 7) is 2.56. The van der Waals surface area contributed by atoms with Gasteiger partial charge in [-0.2, -0.15) is 0 Å². The molecule has 124 valence electrons. The lowest BCUT2D eigenvalue weighted by Gasteiger charge is -2.17. The number of nitrogens with zero attached hydrogens (tertiary/aromatic N) is 1. The van der Waals surface area contributed by atoms with Crippen molar-refractivity contribution in [1.29, 1.82) is 0 Å². The molecule has 0 spiro atoms. The largest absolute Gasteiger partial charge is 0.352 e. The van der Waals surface area contributed by atoms with Crippen molar-refractivity contribution in [2.45, 2.75) is 5.92 Å². The lowest BCUT2D eigenvalue weighted by atomic mass is 9.86. The number of nitrogens with one attached hydrogen (secondary N) is 1. The van der Waals surface area contributed by atoms with E-state index in [1.165, 1.54) is 6.07 Å². The first-order chi connectivity index (χ1) is 11.5. The van der Waals surface area contributed by atoms with Crippen LogP contribution < -0.4 is 5.32 Å². The average Bonchev–Trinajstić information content (AvgIpc) is 2.89. The van der Waals surface area contributed by atoms with Gasteiger partial charge in [0.25, 0.3) is 5.91 Å². The summed E-state index contributed by atoms with van der Waals surface area (Å²) in [6.07, 6.45) is 0. The zero-order valence-electron chi connectivity index (χ0n) is 13.4. The molecule has 1 N–H and O–H groups in total. The summed E-state index contributed by atoms with van der Waals surface area (Å²) in [7, 11) is 2.09. The van der Waals surface area contributed by atoms with Crippen LogP contribution in [0.15, 0.2) is 36.4 Å². The summed E-state index contributed by atoms with van der Waals surface area (Å²) in [6, 6.07) is 9.45. The van der Waals surface area contributed by atoms with Gasteiger partial charge in [0.2, 0.25) is 0 Å². The van der Waals surface area contributed by atoms with Gasteiger partial charge in [0, 0.05) is 31.1 Å².